The smallest absolute Gasteiger partial charge is 0.146 e. The zero-order valence-corrected chi connectivity index (χ0v) is 11.9. The van der Waals surface area contributed by atoms with E-state index in [4.69, 9.17) is 44.0 Å². The van der Waals surface area contributed by atoms with Crippen LogP contribution in [0.15, 0.2) is 0 Å². The van der Waals surface area contributed by atoms with Gasteiger partial charge in [0.25, 0.3) is 0 Å². The first kappa shape index (κ1) is 14.0. The molecular formula is C7H15Cl3O2Si. The Balaban J connectivity index is 3.47. The average Bonchev–Trinajstić information content (AvgIpc) is 2.17. The lowest BCUT2D eigenvalue weighted by Gasteiger charge is -2.19. The van der Waals surface area contributed by atoms with Crippen molar-refractivity contribution in [3.63, 3.8) is 0 Å². The van der Waals surface area contributed by atoms with E-state index in [2.05, 4.69) is 0 Å². The van der Waals surface area contributed by atoms with Gasteiger partial charge in [0.2, 0.25) is 0 Å². The second kappa shape index (κ2) is 9.56. The van der Waals surface area contributed by atoms with E-state index >= 15 is 0 Å². The molecule has 80 valence electrons. The first-order chi connectivity index (χ1) is 6.26. The van der Waals surface area contributed by atoms with E-state index in [0.29, 0.717) is 35.5 Å². The Morgan fingerprint density at radius 1 is 1.23 bits per heavy atom. The topological polar surface area (TPSA) is 18.5 Å². The zero-order valence-electron chi connectivity index (χ0n) is 7.64. The summed E-state index contributed by atoms with van der Waals surface area (Å²) in [4.78, 5) is 0. The third kappa shape index (κ3) is 7.00. The van der Waals surface area contributed by atoms with E-state index in [9.17, 15) is 0 Å². The number of ether oxygens (including phenoxy) is 1. The molecule has 0 aliphatic rings. The normalized spacial score (nSPS) is 15.9. The summed E-state index contributed by atoms with van der Waals surface area (Å²) in [7, 11) is 0.669. The molecule has 13 heavy (non-hydrogen) atoms. The van der Waals surface area contributed by atoms with Gasteiger partial charge in [-0.25, -0.2) is 0 Å². The molecule has 0 spiro atoms. The minimum atomic E-state index is -0.126. The molecule has 0 aromatic rings. The van der Waals surface area contributed by atoms with Crippen LogP contribution in [0.1, 0.15) is 6.42 Å². The highest BCUT2D eigenvalue weighted by Gasteiger charge is 2.16. The van der Waals surface area contributed by atoms with E-state index < -0.39 is 0 Å². The van der Waals surface area contributed by atoms with Gasteiger partial charge in [-0.2, -0.15) is 0 Å². The fourth-order valence-corrected chi connectivity index (χ4v) is 2.18. The molecule has 6 heteroatoms. The molecule has 2 nitrogen and oxygen atoms in total. The van der Waals surface area contributed by atoms with Gasteiger partial charge >= 0.3 is 0 Å². The van der Waals surface area contributed by atoms with E-state index in [1.807, 2.05) is 0 Å². The summed E-state index contributed by atoms with van der Waals surface area (Å²) in [6.07, 6.45) is 0.794. The van der Waals surface area contributed by atoms with Crippen LogP contribution in [0.5, 0.6) is 0 Å². The molecule has 0 aliphatic carbocycles. The van der Waals surface area contributed by atoms with Crippen LogP contribution in [0.4, 0.5) is 0 Å². The fraction of sp³-hybridized carbons (Fsp3) is 1.00. The van der Waals surface area contributed by atoms with E-state index in [-0.39, 0.29) is 11.5 Å². The summed E-state index contributed by atoms with van der Waals surface area (Å²) < 4.78 is 10.5. The summed E-state index contributed by atoms with van der Waals surface area (Å²) in [6, 6.07) is 0. The minimum Gasteiger partial charge on any atom is -0.423 e. The van der Waals surface area contributed by atoms with Gasteiger partial charge in [-0.05, 0) is 6.42 Å². The van der Waals surface area contributed by atoms with Crippen LogP contribution in [-0.2, 0) is 9.16 Å². The van der Waals surface area contributed by atoms with Crippen molar-refractivity contribution in [1.82, 2.24) is 0 Å². The zero-order chi connectivity index (χ0) is 10.1. The van der Waals surface area contributed by atoms with Gasteiger partial charge in [-0.3, -0.25) is 0 Å². The molecule has 0 amide bonds. The van der Waals surface area contributed by atoms with Crippen molar-refractivity contribution >= 4 is 45.3 Å². The summed E-state index contributed by atoms with van der Waals surface area (Å²) in [5, 5.41) is -0.126. The van der Waals surface area contributed by atoms with Crippen LogP contribution in [0, 0.1) is 0 Å². The molecule has 0 aromatic heterocycles. The number of rotatable bonds is 8. The highest BCUT2D eigenvalue weighted by molar-refractivity contribution is 6.28. The van der Waals surface area contributed by atoms with Gasteiger partial charge in [-0.15, -0.1) is 34.8 Å². The molecule has 0 heterocycles. The number of alkyl halides is 3. The predicted octanol–water partition coefficient (Wildman–Crippen LogP) is 1.14. The molecule has 2 atom stereocenters. The van der Waals surface area contributed by atoms with E-state index in [1.165, 1.54) is 0 Å². The van der Waals surface area contributed by atoms with E-state index in [1.54, 1.807) is 0 Å². The summed E-state index contributed by atoms with van der Waals surface area (Å²) in [5.74, 6) is 0.927. The van der Waals surface area contributed by atoms with Crippen molar-refractivity contribution in [2.45, 2.75) is 17.9 Å². The Morgan fingerprint density at radius 3 is 2.38 bits per heavy atom. The fourth-order valence-electron chi connectivity index (χ4n) is 0.902. The lowest BCUT2D eigenvalue weighted by molar-refractivity contribution is 0.105. The standard InChI is InChI=1S/C7H15Cl3O2Si/c8-2-4-11-3-1-7(12-13)6(10)5-9/h6-7H,1-5H2,13H3. The largest absolute Gasteiger partial charge is 0.423 e. The maximum Gasteiger partial charge on any atom is 0.146 e. The van der Waals surface area contributed by atoms with Crippen molar-refractivity contribution < 1.29 is 9.16 Å². The molecule has 0 aromatic carbocycles. The molecule has 0 N–H and O–H groups in total. The number of halogens is 3. The molecule has 2 unspecified atom stereocenters. The summed E-state index contributed by atoms with van der Waals surface area (Å²) in [6.45, 7) is 1.20. The molecule has 0 saturated carbocycles. The molecule has 0 radical (unpaired) electrons. The van der Waals surface area contributed by atoms with Gasteiger partial charge in [0.15, 0.2) is 0 Å². The van der Waals surface area contributed by atoms with Crippen LogP contribution in [-0.4, -0.2) is 46.9 Å². The number of hydrogen-bond acceptors (Lipinski definition) is 2. The van der Waals surface area contributed by atoms with Crippen molar-refractivity contribution in [2.24, 2.45) is 0 Å². The second-order valence-corrected chi connectivity index (χ2v) is 4.25. The van der Waals surface area contributed by atoms with E-state index in [0.717, 1.165) is 6.42 Å². The van der Waals surface area contributed by atoms with Crippen molar-refractivity contribution in [1.29, 1.82) is 0 Å². The predicted molar refractivity (Wildman–Crippen MR) is 61.3 cm³/mol. The highest BCUT2D eigenvalue weighted by atomic mass is 35.5. The molecular weight excluding hydrogens is 251 g/mol. The average molecular weight is 266 g/mol. The number of hydrogen-bond donors (Lipinski definition) is 0. The van der Waals surface area contributed by atoms with Gasteiger partial charge < -0.3 is 9.16 Å². The van der Waals surface area contributed by atoms with Crippen LogP contribution < -0.4 is 0 Å². The second-order valence-electron chi connectivity index (χ2n) is 2.53. The SMILES string of the molecule is [SiH3]OC(CCOCCCl)C(Cl)CCl. The van der Waals surface area contributed by atoms with Gasteiger partial charge in [-0.1, -0.05) is 0 Å². The Morgan fingerprint density at radius 2 is 1.92 bits per heavy atom. The molecule has 0 fully saturated rings. The quantitative estimate of drug-likeness (QED) is 0.372. The Hall–Kier alpha value is 1.01. The lowest BCUT2D eigenvalue weighted by atomic mass is 10.2. The van der Waals surface area contributed by atoms with Crippen LogP contribution in [0.25, 0.3) is 0 Å². The van der Waals surface area contributed by atoms with Crippen molar-refractivity contribution in [2.75, 3.05) is 25.0 Å². The Labute approximate surface area is 97.4 Å². The van der Waals surface area contributed by atoms with Crippen LogP contribution in [0.2, 0.25) is 0 Å². The maximum atomic E-state index is 5.93. The molecule has 0 rings (SSSR count). The minimum absolute atomic E-state index is 0.0150. The summed E-state index contributed by atoms with van der Waals surface area (Å²) in [5.41, 5.74) is 0. The third-order valence-corrected chi connectivity index (χ3v) is 3.31. The van der Waals surface area contributed by atoms with Gasteiger partial charge in [0, 0.05) is 18.4 Å². The lowest BCUT2D eigenvalue weighted by Crippen LogP contribution is -2.27. The van der Waals surface area contributed by atoms with Crippen LogP contribution >= 0.6 is 34.8 Å². The highest BCUT2D eigenvalue weighted by Crippen LogP contribution is 2.11. The molecule has 0 saturated heterocycles. The van der Waals surface area contributed by atoms with Gasteiger partial charge in [0.1, 0.15) is 10.5 Å². The monoisotopic (exact) mass is 264 g/mol. The van der Waals surface area contributed by atoms with Crippen molar-refractivity contribution in [3.8, 4) is 0 Å². The third-order valence-electron chi connectivity index (χ3n) is 1.62. The van der Waals surface area contributed by atoms with Gasteiger partial charge in [0.05, 0.1) is 18.1 Å². The Kier molecular flexibility index (Phi) is 10.3. The molecule has 0 aliphatic heterocycles. The molecule has 0 bridgehead atoms. The van der Waals surface area contributed by atoms with Crippen LogP contribution in [0.3, 0.4) is 0 Å². The first-order valence-corrected chi connectivity index (χ1v) is 6.45. The Bertz CT molecular complexity index is 118. The summed E-state index contributed by atoms with van der Waals surface area (Å²) >= 11 is 17.0. The van der Waals surface area contributed by atoms with Crippen molar-refractivity contribution in [3.05, 3.63) is 0 Å². The first-order valence-electron chi connectivity index (χ1n) is 4.12. The maximum absolute atomic E-state index is 5.93.